The zero-order chi connectivity index (χ0) is 17.6. The van der Waals surface area contributed by atoms with E-state index in [0.717, 1.165) is 22.3 Å². The Morgan fingerprint density at radius 3 is 2.56 bits per heavy atom. The fourth-order valence-electron chi connectivity index (χ4n) is 2.56. The molecule has 0 fully saturated rings. The number of methoxy groups -OCH3 is 1. The molecular formula is C19H19N3O2S. The Labute approximate surface area is 150 Å². The van der Waals surface area contributed by atoms with Crippen molar-refractivity contribution >= 4 is 34.5 Å². The van der Waals surface area contributed by atoms with Crippen LogP contribution in [0.4, 0.5) is 5.82 Å². The zero-order valence-electron chi connectivity index (χ0n) is 14.1. The number of anilines is 1. The quantitative estimate of drug-likeness (QED) is 0.415. The smallest absolute Gasteiger partial charge is 0.319 e. The van der Waals surface area contributed by atoms with E-state index < -0.39 is 5.25 Å². The molecule has 0 amide bonds. The van der Waals surface area contributed by atoms with Crippen molar-refractivity contribution in [1.82, 2.24) is 9.97 Å². The third-order valence-corrected chi connectivity index (χ3v) is 4.83. The first-order valence-corrected chi connectivity index (χ1v) is 8.82. The molecule has 128 valence electrons. The standard InChI is InChI=1S/C19H19N3O2S/c1-20-17-14-10-6-7-11-15(14)21-19(22-17)25-16(18(23)24-2)12-13-8-4-3-5-9-13/h3-11,16H,12H2,1-2H3,(H,20,21,22)/t16-/m1/s1. The van der Waals surface area contributed by atoms with Gasteiger partial charge in [0.2, 0.25) is 0 Å². The molecule has 0 aliphatic carbocycles. The third-order valence-electron chi connectivity index (χ3n) is 3.80. The summed E-state index contributed by atoms with van der Waals surface area (Å²) < 4.78 is 4.97. The van der Waals surface area contributed by atoms with Crippen LogP contribution in [0.5, 0.6) is 0 Å². The predicted molar refractivity (Wildman–Crippen MR) is 101 cm³/mol. The van der Waals surface area contributed by atoms with Gasteiger partial charge in [0, 0.05) is 12.4 Å². The maximum Gasteiger partial charge on any atom is 0.319 e. The number of hydrogen-bond donors (Lipinski definition) is 1. The molecule has 0 aliphatic heterocycles. The Morgan fingerprint density at radius 1 is 1.12 bits per heavy atom. The summed E-state index contributed by atoms with van der Waals surface area (Å²) in [6.45, 7) is 0. The van der Waals surface area contributed by atoms with Gasteiger partial charge in [0.05, 0.1) is 12.6 Å². The van der Waals surface area contributed by atoms with E-state index in [1.54, 1.807) is 0 Å². The monoisotopic (exact) mass is 353 g/mol. The first-order chi connectivity index (χ1) is 12.2. The second-order valence-electron chi connectivity index (χ2n) is 5.44. The van der Waals surface area contributed by atoms with Crippen molar-refractivity contribution in [1.29, 1.82) is 0 Å². The van der Waals surface area contributed by atoms with Crippen LogP contribution in [0.3, 0.4) is 0 Å². The molecule has 3 rings (SSSR count). The zero-order valence-corrected chi connectivity index (χ0v) is 14.9. The van der Waals surface area contributed by atoms with Gasteiger partial charge >= 0.3 is 5.97 Å². The number of thioether (sulfide) groups is 1. The molecule has 0 aliphatic rings. The summed E-state index contributed by atoms with van der Waals surface area (Å²) in [4.78, 5) is 21.4. The molecule has 2 aromatic carbocycles. The Balaban J connectivity index is 1.91. The van der Waals surface area contributed by atoms with Crippen LogP contribution in [-0.4, -0.2) is 35.3 Å². The van der Waals surface area contributed by atoms with Gasteiger partial charge in [-0.25, -0.2) is 9.97 Å². The molecule has 0 saturated carbocycles. The van der Waals surface area contributed by atoms with Crippen LogP contribution in [0.1, 0.15) is 5.56 Å². The van der Waals surface area contributed by atoms with E-state index in [0.29, 0.717) is 11.6 Å². The number of esters is 1. The van der Waals surface area contributed by atoms with E-state index in [1.807, 2.05) is 61.6 Å². The number of benzene rings is 2. The van der Waals surface area contributed by atoms with Crippen molar-refractivity contribution in [3.05, 3.63) is 60.2 Å². The molecule has 0 radical (unpaired) electrons. The van der Waals surface area contributed by atoms with Gasteiger partial charge in [-0.1, -0.05) is 54.2 Å². The number of rotatable bonds is 6. The Kier molecular flexibility index (Phi) is 5.50. The third kappa shape index (κ3) is 4.09. The molecule has 0 spiro atoms. The molecule has 0 unspecified atom stereocenters. The van der Waals surface area contributed by atoms with Gasteiger partial charge in [0.25, 0.3) is 0 Å². The number of nitrogens with zero attached hydrogens (tertiary/aromatic N) is 2. The molecule has 1 aromatic heterocycles. The molecule has 3 aromatic rings. The highest BCUT2D eigenvalue weighted by Gasteiger charge is 2.23. The lowest BCUT2D eigenvalue weighted by Crippen LogP contribution is -2.22. The normalized spacial score (nSPS) is 11.9. The van der Waals surface area contributed by atoms with Crippen LogP contribution in [0.15, 0.2) is 59.8 Å². The van der Waals surface area contributed by atoms with Crippen LogP contribution in [0, 0.1) is 0 Å². The lowest BCUT2D eigenvalue weighted by molar-refractivity contribution is -0.139. The molecule has 0 saturated heterocycles. The SMILES string of the molecule is CNc1nc(S[C@H](Cc2ccccc2)C(=O)OC)nc2ccccc12. The summed E-state index contributed by atoms with van der Waals surface area (Å²) in [6.07, 6.45) is 0.559. The lowest BCUT2D eigenvalue weighted by Gasteiger charge is -2.14. The van der Waals surface area contributed by atoms with Crippen molar-refractivity contribution in [3.63, 3.8) is 0 Å². The largest absolute Gasteiger partial charge is 0.468 e. The molecular weight excluding hydrogens is 334 g/mol. The van der Waals surface area contributed by atoms with Crippen LogP contribution >= 0.6 is 11.8 Å². The van der Waals surface area contributed by atoms with E-state index in [1.165, 1.54) is 18.9 Å². The van der Waals surface area contributed by atoms with Crippen molar-refractivity contribution in [2.45, 2.75) is 16.8 Å². The summed E-state index contributed by atoms with van der Waals surface area (Å²) >= 11 is 1.32. The highest BCUT2D eigenvalue weighted by Crippen LogP contribution is 2.28. The maximum absolute atomic E-state index is 12.2. The minimum absolute atomic E-state index is 0.281. The number of nitrogens with one attached hydrogen (secondary N) is 1. The number of carbonyl (C=O) groups excluding carboxylic acids is 1. The molecule has 1 heterocycles. The van der Waals surface area contributed by atoms with Crippen LogP contribution < -0.4 is 5.32 Å². The van der Waals surface area contributed by atoms with Gasteiger partial charge in [0.15, 0.2) is 5.16 Å². The minimum atomic E-state index is -0.404. The lowest BCUT2D eigenvalue weighted by atomic mass is 10.1. The summed E-state index contributed by atoms with van der Waals surface area (Å²) in [6, 6.07) is 17.7. The van der Waals surface area contributed by atoms with Crippen molar-refractivity contribution in [3.8, 4) is 0 Å². The fourth-order valence-corrected chi connectivity index (χ4v) is 3.58. The van der Waals surface area contributed by atoms with E-state index in [4.69, 9.17) is 4.74 Å². The second kappa shape index (κ2) is 7.98. The average molecular weight is 353 g/mol. The predicted octanol–water partition coefficient (Wildman–Crippen LogP) is 3.55. The van der Waals surface area contributed by atoms with Gasteiger partial charge in [-0.15, -0.1) is 0 Å². The van der Waals surface area contributed by atoms with Crippen molar-refractivity contribution in [2.24, 2.45) is 0 Å². The van der Waals surface area contributed by atoms with Gasteiger partial charge in [-0.3, -0.25) is 4.79 Å². The Hall–Kier alpha value is -2.60. The van der Waals surface area contributed by atoms with E-state index in [-0.39, 0.29) is 5.97 Å². The number of ether oxygens (including phenoxy) is 1. The minimum Gasteiger partial charge on any atom is -0.468 e. The van der Waals surface area contributed by atoms with Gasteiger partial charge in [0.1, 0.15) is 11.1 Å². The van der Waals surface area contributed by atoms with Crippen LogP contribution in [0.25, 0.3) is 10.9 Å². The van der Waals surface area contributed by atoms with Crippen molar-refractivity contribution < 1.29 is 9.53 Å². The first-order valence-electron chi connectivity index (χ1n) is 7.94. The van der Waals surface area contributed by atoms with Gasteiger partial charge < -0.3 is 10.1 Å². The van der Waals surface area contributed by atoms with Gasteiger partial charge in [-0.2, -0.15) is 0 Å². The van der Waals surface area contributed by atoms with Gasteiger partial charge in [-0.05, 0) is 24.1 Å². The molecule has 5 nitrogen and oxygen atoms in total. The molecule has 25 heavy (non-hydrogen) atoms. The van der Waals surface area contributed by atoms with Crippen molar-refractivity contribution in [2.75, 3.05) is 19.5 Å². The highest BCUT2D eigenvalue weighted by atomic mass is 32.2. The topological polar surface area (TPSA) is 64.1 Å². The van der Waals surface area contributed by atoms with Crippen LogP contribution in [-0.2, 0) is 16.0 Å². The molecule has 1 atom stereocenters. The summed E-state index contributed by atoms with van der Waals surface area (Å²) in [7, 11) is 3.23. The maximum atomic E-state index is 12.2. The summed E-state index contributed by atoms with van der Waals surface area (Å²) in [5, 5.41) is 4.19. The Morgan fingerprint density at radius 2 is 1.84 bits per heavy atom. The second-order valence-corrected chi connectivity index (χ2v) is 6.61. The number of para-hydroxylation sites is 1. The first kappa shape index (κ1) is 17.2. The van der Waals surface area contributed by atoms with E-state index in [9.17, 15) is 4.79 Å². The van der Waals surface area contributed by atoms with E-state index in [2.05, 4.69) is 15.3 Å². The average Bonchev–Trinajstić information content (AvgIpc) is 2.67. The number of aromatic nitrogens is 2. The molecule has 6 heteroatoms. The highest BCUT2D eigenvalue weighted by molar-refractivity contribution is 8.00. The number of fused-ring (bicyclic) bond motifs is 1. The van der Waals surface area contributed by atoms with E-state index >= 15 is 0 Å². The fraction of sp³-hybridized carbons (Fsp3) is 0.211. The molecule has 0 bridgehead atoms. The Bertz CT molecular complexity index is 871. The number of hydrogen-bond acceptors (Lipinski definition) is 6. The van der Waals surface area contributed by atoms with Crippen LogP contribution in [0.2, 0.25) is 0 Å². The summed E-state index contributed by atoms with van der Waals surface area (Å²) in [5.41, 5.74) is 1.91. The number of carbonyl (C=O) groups is 1. The summed E-state index contributed by atoms with van der Waals surface area (Å²) in [5.74, 6) is 0.466. The molecule has 1 N–H and O–H groups in total.